The van der Waals surface area contributed by atoms with Crippen molar-refractivity contribution in [2.75, 3.05) is 13.1 Å². The normalized spacial score (nSPS) is 25.1. The molecular formula is C15H21Cl2N5. The molecule has 0 bridgehead atoms. The van der Waals surface area contributed by atoms with Gasteiger partial charge in [0.1, 0.15) is 0 Å². The molecule has 5 nitrogen and oxygen atoms in total. The number of rotatable bonds is 3. The fourth-order valence-electron chi connectivity index (χ4n) is 3.55. The van der Waals surface area contributed by atoms with Crippen molar-refractivity contribution in [2.24, 2.45) is 24.8 Å². The van der Waals surface area contributed by atoms with Crippen molar-refractivity contribution in [3.8, 4) is 11.3 Å². The summed E-state index contributed by atoms with van der Waals surface area (Å²) in [4.78, 5) is 0. The van der Waals surface area contributed by atoms with Crippen LogP contribution in [0.15, 0.2) is 18.3 Å². The molecule has 120 valence electrons. The van der Waals surface area contributed by atoms with Gasteiger partial charge in [0.2, 0.25) is 0 Å². The van der Waals surface area contributed by atoms with Crippen molar-refractivity contribution >= 4 is 24.8 Å². The molecule has 3 heterocycles. The molecule has 4 rings (SSSR count). The highest BCUT2D eigenvalue weighted by Crippen LogP contribution is 2.50. The third kappa shape index (κ3) is 2.98. The van der Waals surface area contributed by atoms with Crippen LogP contribution < -0.4 is 5.32 Å². The molecule has 7 heteroatoms. The maximum absolute atomic E-state index is 4.41. The van der Waals surface area contributed by atoms with E-state index in [-0.39, 0.29) is 24.8 Å². The third-order valence-corrected chi connectivity index (χ3v) is 4.72. The fourth-order valence-corrected chi connectivity index (χ4v) is 3.55. The minimum absolute atomic E-state index is 0. The number of halogens is 2. The summed E-state index contributed by atoms with van der Waals surface area (Å²) in [5, 5.41) is 16.6. The van der Waals surface area contributed by atoms with Crippen molar-refractivity contribution in [3.05, 3.63) is 29.7 Å². The summed E-state index contributed by atoms with van der Waals surface area (Å²) >= 11 is 0. The molecule has 0 spiro atoms. The number of hydrogen-bond acceptors (Lipinski definition) is 4. The van der Waals surface area contributed by atoms with Crippen LogP contribution in [0, 0.1) is 24.7 Å². The van der Waals surface area contributed by atoms with Crippen LogP contribution >= 0.6 is 24.8 Å². The van der Waals surface area contributed by atoms with E-state index in [4.69, 9.17) is 0 Å². The molecule has 0 radical (unpaired) electrons. The van der Waals surface area contributed by atoms with E-state index in [1.165, 1.54) is 13.1 Å². The zero-order chi connectivity index (χ0) is 13.7. The first-order chi connectivity index (χ1) is 9.72. The highest BCUT2D eigenvalue weighted by molar-refractivity contribution is 5.85. The molecule has 2 aromatic heterocycles. The number of nitrogens with one attached hydrogen (secondary N) is 1. The maximum Gasteiger partial charge on any atom is 0.0964 e. The Morgan fingerprint density at radius 3 is 2.45 bits per heavy atom. The van der Waals surface area contributed by atoms with Gasteiger partial charge in [-0.05, 0) is 56.3 Å². The van der Waals surface area contributed by atoms with Crippen molar-refractivity contribution in [2.45, 2.75) is 13.3 Å². The molecular weight excluding hydrogens is 321 g/mol. The van der Waals surface area contributed by atoms with Crippen molar-refractivity contribution in [1.29, 1.82) is 0 Å². The lowest BCUT2D eigenvalue weighted by atomic mass is 10.1. The molecule has 2 aromatic rings. The van der Waals surface area contributed by atoms with E-state index < -0.39 is 0 Å². The zero-order valence-electron chi connectivity index (χ0n) is 12.7. The Morgan fingerprint density at radius 2 is 1.91 bits per heavy atom. The Balaban J connectivity index is 0.000000882. The molecule has 3 atom stereocenters. The van der Waals surface area contributed by atoms with Crippen LogP contribution in [-0.4, -0.2) is 33.1 Å². The second-order valence-electron chi connectivity index (χ2n) is 6.07. The number of hydrogen-bond donors (Lipinski definition) is 1. The van der Waals surface area contributed by atoms with Gasteiger partial charge < -0.3 is 5.32 Å². The molecule has 2 aliphatic rings. The summed E-state index contributed by atoms with van der Waals surface area (Å²) in [5.41, 5.74) is 4.10. The maximum atomic E-state index is 4.41. The lowest BCUT2D eigenvalue weighted by Crippen LogP contribution is -2.15. The Morgan fingerprint density at radius 1 is 1.18 bits per heavy atom. The minimum atomic E-state index is 0. The smallest absolute Gasteiger partial charge is 0.0964 e. The lowest BCUT2D eigenvalue weighted by molar-refractivity contribution is 0.585. The van der Waals surface area contributed by atoms with Crippen LogP contribution in [0.25, 0.3) is 11.3 Å². The average molecular weight is 342 g/mol. The van der Waals surface area contributed by atoms with Gasteiger partial charge in [-0.3, -0.25) is 4.68 Å². The van der Waals surface area contributed by atoms with E-state index in [2.05, 4.69) is 32.7 Å². The highest BCUT2D eigenvalue weighted by Gasteiger charge is 2.52. The second-order valence-corrected chi connectivity index (χ2v) is 6.07. The SMILES string of the molecule is Cc1nn(C)cc1-c1ccc(CC2[C@H]3CNC[C@@H]23)nn1.Cl.Cl. The van der Waals surface area contributed by atoms with E-state index >= 15 is 0 Å². The van der Waals surface area contributed by atoms with Gasteiger partial charge in [0.05, 0.1) is 17.1 Å². The molecule has 1 saturated heterocycles. The van der Waals surface area contributed by atoms with Gasteiger partial charge in [0.15, 0.2) is 0 Å². The monoisotopic (exact) mass is 341 g/mol. The van der Waals surface area contributed by atoms with Gasteiger partial charge in [-0.25, -0.2) is 0 Å². The average Bonchev–Trinajstić information content (AvgIpc) is 2.80. The molecule has 0 aromatic carbocycles. The second kappa shape index (κ2) is 6.52. The number of fused-ring (bicyclic) bond motifs is 1. The van der Waals surface area contributed by atoms with Crippen LogP contribution in [0.5, 0.6) is 0 Å². The van der Waals surface area contributed by atoms with Crippen molar-refractivity contribution in [3.63, 3.8) is 0 Å². The largest absolute Gasteiger partial charge is 0.316 e. The van der Waals surface area contributed by atoms with Crippen LogP contribution in [0.3, 0.4) is 0 Å². The Hall–Kier alpha value is -1.17. The molecule has 1 saturated carbocycles. The number of nitrogens with zero attached hydrogens (tertiary/aromatic N) is 4. The first-order valence-corrected chi connectivity index (χ1v) is 7.26. The zero-order valence-corrected chi connectivity index (χ0v) is 14.3. The first kappa shape index (κ1) is 17.2. The predicted molar refractivity (Wildman–Crippen MR) is 90.5 cm³/mol. The van der Waals surface area contributed by atoms with E-state index in [0.29, 0.717) is 0 Å². The Kier molecular flexibility index (Phi) is 5.10. The molecule has 1 aliphatic carbocycles. The predicted octanol–water partition coefficient (Wildman–Crippen LogP) is 2.04. The molecule has 1 aliphatic heterocycles. The van der Waals surface area contributed by atoms with E-state index in [1.54, 1.807) is 0 Å². The fraction of sp³-hybridized carbons (Fsp3) is 0.533. The van der Waals surface area contributed by atoms with Crippen LogP contribution in [0.4, 0.5) is 0 Å². The molecule has 2 fully saturated rings. The van der Waals surface area contributed by atoms with E-state index in [0.717, 1.165) is 46.8 Å². The quantitative estimate of drug-likeness (QED) is 0.928. The van der Waals surface area contributed by atoms with E-state index in [1.807, 2.05) is 24.9 Å². The van der Waals surface area contributed by atoms with Gasteiger partial charge in [-0.15, -0.1) is 24.8 Å². The van der Waals surface area contributed by atoms with Gasteiger partial charge in [-0.2, -0.15) is 15.3 Å². The summed E-state index contributed by atoms with van der Waals surface area (Å²) in [6.45, 7) is 4.38. The molecule has 1 unspecified atom stereocenters. The molecule has 22 heavy (non-hydrogen) atoms. The Bertz CT molecular complexity index is 630. The van der Waals surface area contributed by atoms with E-state index in [9.17, 15) is 0 Å². The van der Waals surface area contributed by atoms with Crippen LogP contribution in [0.1, 0.15) is 11.4 Å². The summed E-state index contributed by atoms with van der Waals surface area (Å²) in [5.74, 6) is 2.60. The van der Waals surface area contributed by atoms with Gasteiger partial charge >= 0.3 is 0 Å². The van der Waals surface area contributed by atoms with Gasteiger partial charge in [0.25, 0.3) is 0 Å². The minimum Gasteiger partial charge on any atom is -0.316 e. The van der Waals surface area contributed by atoms with Crippen LogP contribution in [0.2, 0.25) is 0 Å². The summed E-state index contributed by atoms with van der Waals surface area (Å²) < 4.78 is 1.82. The first-order valence-electron chi connectivity index (χ1n) is 7.26. The van der Waals surface area contributed by atoms with Crippen molar-refractivity contribution < 1.29 is 0 Å². The van der Waals surface area contributed by atoms with Gasteiger partial charge in [0, 0.05) is 18.8 Å². The topological polar surface area (TPSA) is 55.6 Å². The highest BCUT2D eigenvalue weighted by atomic mass is 35.5. The Labute approximate surface area is 142 Å². The van der Waals surface area contributed by atoms with Crippen molar-refractivity contribution in [1.82, 2.24) is 25.3 Å². The number of aromatic nitrogens is 4. The lowest BCUT2D eigenvalue weighted by Gasteiger charge is -2.04. The van der Waals surface area contributed by atoms with Crippen LogP contribution in [-0.2, 0) is 13.5 Å². The van der Waals surface area contributed by atoms with Gasteiger partial charge in [-0.1, -0.05) is 0 Å². The summed E-state index contributed by atoms with van der Waals surface area (Å²) in [6, 6.07) is 4.19. The number of aryl methyl sites for hydroxylation is 2. The summed E-state index contributed by atoms with van der Waals surface area (Å²) in [7, 11) is 1.93. The number of piperidine rings is 1. The third-order valence-electron chi connectivity index (χ3n) is 4.72. The molecule has 0 amide bonds. The summed E-state index contributed by atoms with van der Waals surface area (Å²) in [6.07, 6.45) is 3.08. The molecule has 1 N–H and O–H groups in total. The standard InChI is InChI=1S/C15H19N5.2ClH/c1-9-14(8-20(2)19-9)15-4-3-10(17-18-15)5-11-12-6-16-7-13(11)12;;/h3-4,8,11-13,16H,5-7H2,1-2H3;2*1H/t11?,12-,13+;;.